The molecule has 1 saturated carbocycles. The van der Waals surface area contributed by atoms with E-state index in [0.717, 1.165) is 41.2 Å². The minimum Gasteiger partial charge on any atom is -0.357 e. The summed E-state index contributed by atoms with van der Waals surface area (Å²) in [6.07, 6.45) is 2.70. The molecule has 0 radical (unpaired) electrons. The highest BCUT2D eigenvalue weighted by molar-refractivity contribution is 5.79. The van der Waals surface area contributed by atoms with Crippen LogP contribution in [0.5, 0.6) is 0 Å². The van der Waals surface area contributed by atoms with Gasteiger partial charge in [-0.1, -0.05) is 11.6 Å². The quantitative estimate of drug-likeness (QED) is 0.864. The molecule has 1 aliphatic carbocycles. The molecule has 3 rings (SSSR count). The highest BCUT2D eigenvalue weighted by Gasteiger charge is 2.20. The van der Waals surface area contributed by atoms with Gasteiger partial charge in [-0.2, -0.15) is 0 Å². The number of benzene rings is 1. The van der Waals surface area contributed by atoms with Crippen molar-refractivity contribution in [2.75, 3.05) is 6.54 Å². The van der Waals surface area contributed by atoms with Crippen molar-refractivity contribution in [3.8, 4) is 0 Å². The van der Waals surface area contributed by atoms with Gasteiger partial charge in [0.2, 0.25) is 0 Å². The summed E-state index contributed by atoms with van der Waals surface area (Å²) < 4.78 is 0. The molecule has 0 spiro atoms. The van der Waals surface area contributed by atoms with Gasteiger partial charge in [0.1, 0.15) is 0 Å². The van der Waals surface area contributed by atoms with Crippen LogP contribution >= 0.6 is 0 Å². The van der Waals surface area contributed by atoms with E-state index in [4.69, 9.17) is 0 Å². The molecule has 1 aromatic carbocycles. The van der Waals surface area contributed by atoms with E-state index in [0.29, 0.717) is 0 Å². The average molecular weight is 242 g/mol. The van der Waals surface area contributed by atoms with Crippen molar-refractivity contribution >= 4 is 10.9 Å². The number of hydrogen-bond acceptors (Lipinski definition) is 2. The highest BCUT2D eigenvalue weighted by atomic mass is 16.1. The third kappa shape index (κ3) is 2.46. The van der Waals surface area contributed by atoms with Gasteiger partial charge in [-0.05, 0) is 44.4 Å². The highest BCUT2D eigenvalue weighted by Crippen LogP contribution is 2.27. The van der Waals surface area contributed by atoms with E-state index < -0.39 is 0 Å². The maximum atomic E-state index is 12.0. The number of hydrogen-bond donors (Lipinski definition) is 2. The summed E-state index contributed by atoms with van der Waals surface area (Å²) in [4.78, 5) is 15.3. The third-order valence-corrected chi connectivity index (χ3v) is 3.49. The van der Waals surface area contributed by atoms with E-state index in [1.54, 1.807) is 6.07 Å². The van der Waals surface area contributed by atoms with Crippen molar-refractivity contribution in [1.29, 1.82) is 0 Å². The molecule has 3 nitrogen and oxygen atoms in total. The first-order valence-corrected chi connectivity index (χ1v) is 6.55. The first-order valence-electron chi connectivity index (χ1n) is 6.55. The number of fused-ring (bicyclic) bond motifs is 1. The van der Waals surface area contributed by atoms with Crippen LogP contribution in [0.25, 0.3) is 10.9 Å². The molecule has 1 fully saturated rings. The predicted octanol–water partition coefficient (Wildman–Crippen LogP) is 2.34. The number of aryl methyl sites for hydroxylation is 1. The lowest BCUT2D eigenvalue weighted by molar-refractivity contribution is 0.631. The lowest BCUT2D eigenvalue weighted by Gasteiger charge is -2.06. The summed E-state index contributed by atoms with van der Waals surface area (Å²) in [6, 6.07) is 7.66. The van der Waals surface area contributed by atoms with Gasteiger partial charge in [0, 0.05) is 29.2 Å². The number of pyridine rings is 1. The summed E-state index contributed by atoms with van der Waals surface area (Å²) in [5.41, 5.74) is 3.12. The van der Waals surface area contributed by atoms with Gasteiger partial charge in [-0.3, -0.25) is 4.79 Å². The molecule has 0 unspecified atom stereocenters. The average Bonchev–Trinajstić information content (AvgIpc) is 3.14. The Morgan fingerprint density at radius 3 is 2.94 bits per heavy atom. The third-order valence-electron chi connectivity index (χ3n) is 3.49. The smallest absolute Gasteiger partial charge is 0.189 e. The Kier molecular flexibility index (Phi) is 2.92. The molecule has 2 N–H and O–H groups in total. The molecule has 3 heteroatoms. The number of rotatable bonds is 4. The first-order chi connectivity index (χ1) is 8.72. The molecule has 1 aliphatic rings. The standard InChI is InChI=1S/C15H18N2O/c1-10-2-5-14-13(6-10)15(18)7-12(17-14)9-16-8-11-3-4-11/h2,5-7,11,16H,3-4,8-9H2,1H3,(H,17,18). The Labute approximate surface area is 106 Å². The second kappa shape index (κ2) is 4.58. The first kappa shape index (κ1) is 11.5. The Bertz CT molecular complexity index is 626. The fraction of sp³-hybridized carbons (Fsp3) is 0.400. The van der Waals surface area contributed by atoms with Crippen LogP contribution in [0.1, 0.15) is 24.1 Å². The molecule has 18 heavy (non-hydrogen) atoms. The van der Waals surface area contributed by atoms with Crippen molar-refractivity contribution in [2.24, 2.45) is 5.92 Å². The van der Waals surface area contributed by atoms with E-state index in [1.807, 2.05) is 25.1 Å². The molecule has 0 aliphatic heterocycles. The van der Waals surface area contributed by atoms with Crippen molar-refractivity contribution in [1.82, 2.24) is 10.3 Å². The van der Waals surface area contributed by atoms with Gasteiger partial charge in [0.05, 0.1) is 0 Å². The molecular weight excluding hydrogens is 224 g/mol. The Hall–Kier alpha value is -1.61. The minimum atomic E-state index is 0.107. The molecule has 1 heterocycles. The SMILES string of the molecule is Cc1ccc2[nH]c(CNCC3CC3)cc(=O)c2c1. The van der Waals surface area contributed by atoms with Crippen LogP contribution in [0, 0.1) is 12.8 Å². The Balaban J connectivity index is 1.84. The molecule has 2 aromatic rings. The number of aromatic amines is 1. The lowest BCUT2D eigenvalue weighted by atomic mass is 10.1. The maximum absolute atomic E-state index is 12.0. The summed E-state index contributed by atoms with van der Waals surface area (Å²) in [5, 5.41) is 4.18. The van der Waals surface area contributed by atoms with Gasteiger partial charge < -0.3 is 10.3 Å². The zero-order valence-electron chi connectivity index (χ0n) is 10.6. The molecule has 0 saturated heterocycles. The van der Waals surface area contributed by atoms with E-state index in [1.165, 1.54) is 12.8 Å². The second-order valence-corrected chi connectivity index (χ2v) is 5.28. The number of nitrogens with one attached hydrogen (secondary N) is 2. The fourth-order valence-electron chi connectivity index (χ4n) is 2.24. The topological polar surface area (TPSA) is 44.9 Å². The summed E-state index contributed by atoms with van der Waals surface area (Å²) in [7, 11) is 0. The van der Waals surface area contributed by atoms with Crippen LogP contribution in [0.4, 0.5) is 0 Å². The van der Waals surface area contributed by atoms with Crippen LogP contribution in [-0.2, 0) is 6.54 Å². The molecule has 0 atom stereocenters. The van der Waals surface area contributed by atoms with E-state index in [-0.39, 0.29) is 5.43 Å². The predicted molar refractivity (Wildman–Crippen MR) is 73.7 cm³/mol. The van der Waals surface area contributed by atoms with Gasteiger partial charge in [0.15, 0.2) is 5.43 Å². The van der Waals surface area contributed by atoms with Crippen molar-refractivity contribution < 1.29 is 0 Å². The Morgan fingerprint density at radius 2 is 2.17 bits per heavy atom. The fourth-order valence-corrected chi connectivity index (χ4v) is 2.24. The maximum Gasteiger partial charge on any atom is 0.189 e. The van der Waals surface area contributed by atoms with Gasteiger partial charge in [-0.25, -0.2) is 0 Å². The minimum absolute atomic E-state index is 0.107. The normalized spacial score (nSPS) is 15.2. The van der Waals surface area contributed by atoms with Crippen LogP contribution in [0.15, 0.2) is 29.1 Å². The van der Waals surface area contributed by atoms with Crippen molar-refractivity contribution in [2.45, 2.75) is 26.3 Å². The van der Waals surface area contributed by atoms with Crippen molar-refractivity contribution in [3.05, 3.63) is 45.7 Å². The zero-order valence-corrected chi connectivity index (χ0v) is 10.6. The molecule has 0 amide bonds. The number of H-pyrrole nitrogens is 1. The van der Waals surface area contributed by atoms with E-state index >= 15 is 0 Å². The Morgan fingerprint density at radius 1 is 1.33 bits per heavy atom. The van der Waals surface area contributed by atoms with Crippen LogP contribution in [0.2, 0.25) is 0 Å². The van der Waals surface area contributed by atoms with E-state index in [9.17, 15) is 4.79 Å². The van der Waals surface area contributed by atoms with Gasteiger partial charge in [0.25, 0.3) is 0 Å². The molecule has 1 aromatic heterocycles. The summed E-state index contributed by atoms with van der Waals surface area (Å²) in [5.74, 6) is 0.861. The molecule has 94 valence electrons. The molecule has 0 bridgehead atoms. The molecular formula is C15H18N2O. The largest absolute Gasteiger partial charge is 0.357 e. The lowest BCUT2D eigenvalue weighted by Crippen LogP contribution is -2.18. The summed E-state index contributed by atoms with van der Waals surface area (Å²) in [6.45, 7) is 3.81. The van der Waals surface area contributed by atoms with Crippen molar-refractivity contribution in [3.63, 3.8) is 0 Å². The van der Waals surface area contributed by atoms with E-state index in [2.05, 4.69) is 10.3 Å². The zero-order chi connectivity index (χ0) is 12.5. The second-order valence-electron chi connectivity index (χ2n) is 5.28. The number of aromatic nitrogens is 1. The van der Waals surface area contributed by atoms with Gasteiger partial charge >= 0.3 is 0 Å². The van der Waals surface area contributed by atoms with Crippen LogP contribution in [-0.4, -0.2) is 11.5 Å². The van der Waals surface area contributed by atoms with Gasteiger partial charge in [-0.15, -0.1) is 0 Å². The van der Waals surface area contributed by atoms with Crippen LogP contribution in [0.3, 0.4) is 0 Å². The summed E-state index contributed by atoms with van der Waals surface area (Å²) >= 11 is 0. The monoisotopic (exact) mass is 242 g/mol. The van der Waals surface area contributed by atoms with Crippen LogP contribution < -0.4 is 10.7 Å².